The summed E-state index contributed by atoms with van der Waals surface area (Å²) in [6.07, 6.45) is 2.89. The average molecular weight is 299 g/mol. The first-order valence-corrected chi connectivity index (χ1v) is 6.34. The molecule has 7 heteroatoms. The number of carbonyl (C=O) groups is 3. The third-order valence-electron chi connectivity index (χ3n) is 2.72. The molecule has 0 radical (unpaired) electrons. The Kier molecular flexibility index (Phi) is 4.81. The number of benzene rings is 1. The van der Waals surface area contributed by atoms with Crippen LogP contribution in [0.5, 0.6) is 0 Å². The summed E-state index contributed by atoms with van der Waals surface area (Å²) in [5.74, 6) is -1.87. The number of nitrogens with two attached hydrogens (primary N) is 1. The smallest absolute Gasteiger partial charge is 0.338 e. The maximum Gasteiger partial charge on any atom is 0.338 e. The van der Waals surface area contributed by atoms with Crippen molar-refractivity contribution in [3.8, 4) is 0 Å². The van der Waals surface area contributed by atoms with Crippen LogP contribution in [-0.2, 0) is 9.53 Å². The number of hydrogen-bond donors (Lipinski definition) is 2. The minimum absolute atomic E-state index is 0.177. The number of nitrogens with zero attached hydrogens (tertiary/aromatic N) is 1. The molecule has 1 aromatic heterocycles. The van der Waals surface area contributed by atoms with Crippen LogP contribution in [0.25, 0.3) is 0 Å². The van der Waals surface area contributed by atoms with E-state index in [9.17, 15) is 14.4 Å². The first-order valence-electron chi connectivity index (χ1n) is 6.34. The molecule has 2 amide bonds. The number of amides is 2. The van der Waals surface area contributed by atoms with Gasteiger partial charge in [-0.3, -0.25) is 14.6 Å². The van der Waals surface area contributed by atoms with Crippen LogP contribution in [0, 0.1) is 0 Å². The zero-order valence-electron chi connectivity index (χ0n) is 11.5. The highest BCUT2D eigenvalue weighted by Crippen LogP contribution is 2.14. The minimum atomic E-state index is -0.662. The molecular weight excluding hydrogens is 286 g/mol. The highest BCUT2D eigenvalue weighted by molar-refractivity contribution is 6.03. The molecule has 0 unspecified atom stereocenters. The lowest BCUT2D eigenvalue weighted by atomic mass is 10.1. The Bertz CT molecular complexity index is 701. The zero-order chi connectivity index (χ0) is 15.9. The highest BCUT2D eigenvalue weighted by atomic mass is 16.5. The van der Waals surface area contributed by atoms with Gasteiger partial charge < -0.3 is 15.8 Å². The monoisotopic (exact) mass is 299 g/mol. The summed E-state index contributed by atoms with van der Waals surface area (Å²) < 4.78 is 4.87. The molecule has 2 aromatic rings. The van der Waals surface area contributed by atoms with Crippen LogP contribution in [0.1, 0.15) is 20.7 Å². The molecule has 22 heavy (non-hydrogen) atoms. The second kappa shape index (κ2) is 6.98. The normalized spacial score (nSPS) is 9.82. The Morgan fingerprint density at radius 3 is 2.45 bits per heavy atom. The fourth-order valence-corrected chi connectivity index (χ4v) is 1.70. The fourth-order valence-electron chi connectivity index (χ4n) is 1.70. The van der Waals surface area contributed by atoms with E-state index < -0.39 is 24.4 Å². The Morgan fingerprint density at radius 1 is 1.09 bits per heavy atom. The van der Waals surface area contributed by atoms with E-state index in [1.54, 1.807) is 12.1 Å². The van der Waals surface area contributed by atoms with Crippen LogP contribution in [0.2, 0.25) is 0 Å². The van der Waals surface area contributed by atoms with Crippen molar-refractivity contribution in [2.24, 2.45) is 5.73 Å². The number of ether oxygens (including phenoxy) is 1. The topological polar surface area (TPSA) is 111 Å². The van der Waals surface area contributed by atoms with Gasteiger partial charge >= 0.3 is 5.97 Å². The second-order valence-electron chi connectivity index (χ2n) is 4.27. The van der Waals surface area contributed by atoms with E-state index in [0.717, 1.165) is 0 Å². The van der Waals surface area contributed by atoms with Gasteiger partial charge in [0.15, 0.2) is 6.61 Å². The standard InChI is InChI=1S/C15H13N3O4/c16-14(20)11-3-1-2-4-12(11)18-13(19)9-22-15(21)10-5-7-17-8-6-10/h1-8H,9H2,(H2,16,20)(H,18,19). The van der Waals surface area contributed by atoms with Crippen LogP contribution in [0.15, 0.2) is 48.8 Å². The number of esters is 1. The van der Waals surface area contributed by atoms with Gasteiger partial charge in [0.05, 0.1) is 16.8 Å². The van der Waals surface area contributed by atoms with E-state index in [0.29, 0.717) is 5.56 Å². The van der Waals surface area contributed by atoms with Gasteiger partial charge in [-0.2, -0.15) is 0 Å². The molecule has 3 N–H and O–H groups in total. The van der Waals surface area contributed by atoms with Gasteiger partial charge in [-0.05, 0) is 24.3 Å². The molecule has 0 saturated heterocycles. The van der Waals surface area contributed by atoms with Crippen molar-refractivity contribution in [2.45, 2.75) is 0 Å². The molecule has 1 aromatic carbocycles. The molecule has 112 valence electrons. The number of primary amides is 1. The Hall–Kier alpha value is -3.22. The van der Waals surface area contributed by atoms with Gasteiger partial charge in [0.2, 0.25) is 0 Å². The first kappa shape index (κ1) is 15.2. The summed E-state index contributed by atoms with van der Waals surface area (Å²) in [7, 11) is 0. The third-order valence-corrected chi connectivity index (χ3v) is 2.72. The summed E-state index contributed by atoms with van der Waals surface area (Å²) in [5.41, 5.74) is 5.94. The van der Waals surface area contributed by atoms with Crippen molar-refractivity contribution in [3.05, 3.63) is 59.9 Å². The van der Waals surface area contributed by atoms with Crippen molar-refractivity contribution < 1.29 is 19.1 Å². The van der Waals surface area contributed by atoms with E-state index in [1.807, 2.05) is 0 Å². The van der Waals surface area contributed by atoms with Crippen LogP contribution in [-0.4, -0.2) is 29.4 Å². The predicted octanol–water partition coefficient (Wildman–Crippen LogP) is 0.976. The molecule has 2 rings (SSSR count). The molecule has 0 aliphatic rings. The van der Waals surface area contributed by atoms with Crippen molar-refractivity contribution in [2.75, 3.05) is 11.9 Å². The predicted molar refractivity (Wildman–Crippen MR) is 78.1 cm³/mol. The van der Waals surface area contributed by atoms with E-state index in [2.05, 4.69) is 10.3 Å². The molecule has 1 heterocycles. The Morgan fingerprint density at radius 2 is 1.77 bits per heavy atom. The highest BCUT2D eigenvalue weighted by Gasteiger charge is 2.13. The number of aromatic nitrogens is 1. The maximum absolute atomic E-state index is 11.8. The van der Waals surface area contributed by atoms with Crippen LogP contribution < -0.4 is 11.1 Å². The molecule has 0 aliphatic heterocycles. The van der Waals surface area contributed by atoms with Gasteiger partial charge in [0.1, 0.15) is 0 Å². The number of anilines is 1. The number of hydrogen-bond acceptors (Lipinski definition) is 5. The van der Waals surface area contributed by atoms with Gasteiger partial charge in [-0.1, -0.05) is 12.1 Å². The van der Waals surface area contributed by atoms with E-state index >= 15 is 0 Å². The summed E-state index contributed by atoms with van der Waals surface area (Å²) >= 11 is 0. The van der Waals surface area contributed by atoms with Crippen LogP contribution >= 0.6 is 0 Å². The van der Waals surface area contributed by atoms with E-state index in [1.165, 1.54) is 36.7 Å². The van der Waals surface area contributed by atoms with Crippen LogP contribution in [0.4, 0.5) is 5.69 Å². The maximum atomic E-state index is 11.8. The molecule has 0 bridgehead atoms. The number of nitrogens with one attached hydrogen (secondary N) is 1. The Balaban J connectivity index is 1.94. The zero-order valence-corrected chi connectivity index (χ0v) is 11.5. The van der Waals surface area contributed by atoms with Gasteiger partial charge in [-0.15, -0.1) is 0 Å². The summed E-state index contributed by atoms with van der Waals surface area (Å²) in [5, 5.41) is 2.47. The lowest BCUT2D eigenvalue weighted by Gasteiger charge is -2.09. The van der Waals surface area contributed by atoms with Gasteiger partial charge in [0, 0.05) is 12.4 Å². The first-order chi connectivity index (χ1) is 10.6. The third kappa shape index (κ3) is 3.89. The molecule has 0 saturated carbocycles. The molecule has 0 fully saturated rings. The number of rotatable bonds is 5. The quantitative estimate of drug-likeness (QED) is 0.799. The lowest BCUT2D eigenvalue weighted by molar-refractivity contribution is -0.119. The van der Waals surface area contributed by atoms with E-state index in [-0.39, 0.29) is 11.3 Å². The summed E-state index contributed by atoms with van der Waals surface area (Å²) in [6, 6.07) is 9.24. The molecule has 0 aliphatic carbocycles. The van der Waals surface area contributed by atoms with Crippen LogP contribution in [0.3, 0.4) is 0 Å². The van der Waals surface area contributed by atoms with Gasteiger partial charge in [0.25, 0.3) is 11.8 Å². The Labute approximate surface area is 126 Å². The number of pyridine rings is 1. The molecule has 7 nitrogen and oxygen atoms in total. The van der Waals surface area contributed by atoms with Crippen molar-refractivity contribution >= 4 is 23.5 Å². The van der Waals surface area contributed by atoms with Crippen molar-refractivity contribution in [3.63, 3.8) is 0 Å². The average Bonchev–Trinajstić information content (AvgIpc) is 2.53. The summed E-state index contributed by atoms with van der Waals surface area (Å²) in [6.45, 7) is -0.478. The molecule has 0 spiro atoms. The summed E-state index contributed by atoms with van der Waals surface area (Å²) in [4.78, 5) is 38.5. The minimum Gasteiger partial charge on any atom is -0.452 e. The number of carbonyl (C=O) groups excluding carboxylic acids is 3. The van der Waals surface area contributed by atoms with Crippen molar-refractivity contribution in [1.29, 1.82) is 0 Å². The van der Waals surface area contributed by atoms with E-state index in [4.69, 9.17) is 10.5 Å². The lowest BCUT2D eigenvalue weighted by Crippen LogP contribution is -2.23. The largest absolute Gasteiger partial charge is 0.452 e. The SMILES string of the molecule is NC(=O)c1ccccc1NC(=O)COC(=O)c1ccncc1. The fraction of sp³-hybridized carbons (Fsp3) is 0.0667. The van der Waals surface area contributed by atoms with Crippen molar-refractivity contribution in [1.82, 2.24) is 4.98 Å². The second-order valence-corrected chi connectivity index (χ2v) is 4.27. The number of para-hydroxylation sites is 1. The molecular formula is C15H13N3O4. The molecule has 0 atom stereocenters. The van der Waals surface area contributed by atoms with Gasteiger partial charge in [-0.25, -0.2) is 4.79 Å².